The van der Waals surface area contributed by atoms with Crippen molar-refractivity contribution in [1.82, 2.24) is 16.2 Å². The Kier molecular flexibility index (Phi) is 8.34. The molecule has 1 aromatic heterocycles. The monoisotopic (exact) mass is 471 g/mol. The zero-order valence-corrected chi connectivity index (χ0v) is 17.4. The number of rotatable bonds is 8. The molecular weight excluding hydrogens is 454 g/mol. The van der Waals surface area contributed by atoms with Gasteiger partial charge in [0.1, 0.15) is 5.75 Å². The fraction of sp³-hybridized carbons (Fsp3) is 0.278. The number of furan rings is 1. The quantitative estimate of drug-likeness (QED) is 0.404. The maximum Gasteiger partial charge on any atom is 0.287 e. The van der Waals surface area contributed by atoms with Crippen molar-refractivity contribution in [2.75, 3.05) is 13.2 Å². The molecule has 0 saturated heterocycles. The lowest BCUT2D eigenvalue weighted by Gasteiger charge is -2.10. The van der Waals surface area contributed by atoms with Crippen molar-refractivity contribution in [3.8, 4) is 5.75 Å². The Morgan fingerprint density at radius 1 is 1.14 bits per heavy atom. The van der Waals surface area contributed by atoms with E-state index in [2.05, 4.69) is 32.1 Å². The molecule has 0 saturated carbocycles. The van der Waals surface area contributed by atoms with Gasteiger partial charge < -0.3 is 14.5 Å². The van der Waals surface area contributed by atoms with E-state index in [9.17, 15) is 14.4 Å². The molecule has 10 heteroatoms. The van der Waals surface area contributed by atoms with E-state index in [1.807, 2.05) is 6.92 Å². The summed E-state index contributed by atoms with van der Waals surface area (Å²) in [5.41, 5.74) is 5.40. The SMILES string of the molecule is Cc1cc(Cl)ccc1OCCCC(=O)NNC(=O)CNC(=O)c1ccc(Br)o1. The normalized spacial score (nSPS) is 10.2. The highest BCUT2D eigenvalue weighted by atomic mass is 79.9. The van der Waals surface area contributed by atoms with E-state index < -0.39 is 11.8 Å². The number of hydrogen-bond acceptors (Lipinski definition) is 5. The third-order valence-electron chi connectivity index (χ3n) is 3.49. The van der Waals surface area contributed by atoms with Crippen LogP contribution in [0.3, 0.4) is 0 Å². The Balaban J connectivity index is 1.58. The van der Waals surface area contributed by atoms with Gasteiger partial charge >= 0.3 is 0 Å². The maximum absolute atomic E-state index is 11.7. The number of nitrogens with one attached hydrogen (secondary N) is 3. The molecule has 28 heavy (non-hydrogen) atoms. The van der Waals surface area contributed by atoms with E-state index in [1.165, 1.54) is 6.07 Å². The second-order valence-electron chi connectivity index (χ2n) is 5.74. The second-order valence-corrected chi connectivity index (χ2v) is 6.96. The average molecular weight is 473 g/mol. The first-order valence-electron chi connectivity index (χ1n) is 8.35. The number of ether oxygens (including phenoxy) is 1. The molecule has 0 spiro atoms. The molecule has 1 heterocycles. The minimum absolute atomic E-state index is 0.0691. The molecule has 1 aromatic carbocycles. The van der Waals surface area contributed by atoms with Gasteiger partial charge in [-0.1, -0.05) is 11.6 Å². The van der Waals surface area contributed by atoms with Gasteiger partial charge in [-0.2, -0.15) is 0 Å². The summed E-state index contributed by atoms with van der Waals surface area (Å²) in [7, 11) is 0. The third-order valence-corrected chi connectivity index (χ3v) is 4.15. The van der Waals surface area contributed by atoms with Gasteiger partial charge in [0, 0.05) is 11.4 Å². The number of hydrazine groups is 1. The number of benzene rings is 1. The van der Waals surface area contributed by atoms with Gasteiger partial charge in [0.2, 0.25) is 5.91 Å². The van der Waals surface area contributed by atoms with Gasteiger partial charge in [-0.3, -0.25) is 25.2 Å². The lowest BCUT2D eigenvalue weighted by Crippen LogP contribution is -2.46. The van der Waals surface area contributed by atoms with Gasteiger partial charge in [0.25, 0.3) is 11.8 Å². The van der Waals surface area contributed by atoms with Crippen molar-refractivity contribution in [2.45, 2.75) is 19.8 Å². The van der Waals surface area contributed by atoms with Crippen LogP contribution in [0.15, 0.2) is 39.4 Å². The first kappa shape index (κ1) is 21.8. The number of aryl methyl sites for hydroxylation is 1. The summed E-state index contributed by atoms with van der Waals surface area (Å²) in [6.07, 6.45) is 0.633. The van der Waals surface area contributed by atoms with Gasteiger partial charge in [-0.15, -0.1) is 0 Å². The van der Waals surface area contributed by atoms with Crippen molar-refractivity contribution in [1.29, 1.82) is 0 Å². The van der Waals surface area contributed by atoms with Crippen molar-refractivity contribution < 1.29 is 23.5 Å². The highest BCUT2D eigenvalue weighted by Crippen LogP contribution is 2.21. The molecule has 0 aliphatic carbocycles. The Bertz CT molecular complexity index is 855. The van der Waals surface area contributed by atoms with Crippen LogP contribution in [0.5, 0.6) is 5.75 Å². The minimum atomic E-state index is -0.569. The van der Waals surface area contributed by atoms with Crippen molar-refractivity contribution in [3.63, 3.8) is 0 Å². The molecule has 2 rings (SSSR count). The van der Waals surface area contributed by atoms with E-state index in [1.54, 1.807) is 24.3 Å². The molecular formula is C18H19BrClN3O5. The molecule has 0 unspecified atom stereocenters. The molecule has 2 aromatic rings. The highest BCUT2D eigenvalue weighted by Gasteiger charge is 2.12. The summed E-state index contributed by atoms with van der Waals surface area (Å²) in [6.45, 7) is 1.92. The molecule has 0 fully saturated rings. The first-order chi connectivity index (χ1) is 13.3. The molecule has 3 N–H and O–H groups in total. The Morgan fingerprint density at radius 2 is 1.89 bits per heavy atom. The fourth-order valence-electron chi connectivity index (χ4n) is 2.12. The van der Waals surface area contributed by atoms with Crippen LogP contribution in [-0.4, -0.2) is 30.9 Å². The molecule has 0 aliphatic rings. The van der Waals surface area contributed by atoms with Crippen molar-refractivity contribution in [3.05, 3.63) is 51.3 Å². The van der Waals surface area contributed by atoms with Gasteiger partial charge in [-0.25, -0.2) is 0 Å². The average Bonchev–Trinajstić information content (AvgIpc) is 3.09. The van der Waals surface area contributed by atoms with Crippen molar-refractivity contribution >= 4 is 45.3 Å². The lowest BCUT2D eigenvalue weighted by molar-refractivity contribution is -0.128. The maximum atomic E-state index is 11.7. The zero-order valence-electron chi connectivity index (χ0n) is 15.0. The Morgan fingerprint density at radius 3 is 2.57 bits per heavy atom. The fourth-order valence-corrected chi connectivity index (χ4v) is 2.65. The second kappa shape index (κ2) is 10.7. The Labute approximate surface area is 175 Å². The van der Waals surface area contributed by atoms with E-state index in [4.69, 9.17) is 20.8 Å². The molecule has 3 amide bonds. The summed E-state index contributed by atoms with van der Waals surface area (Å²) in [6, 6.07) is 8.33. The van der Waals surface area contributed by atoms with Crippen molar-refractivity contribution in [2.24, 2.45) is 0 Å². The number of amides is 3. The van der Waals surface area contributed by atoms with Crippen LogP contribution in [0.4, 0.5) is 0 Å². The summed E-state index contributed by atoms with van der Waals surface area (Å²) in [5, 5.41) is 3.00. The lowest BCUT2D eigenvalue weighted by atomic mass is 10.2. The third kappa shape index (κ3) is 7.24. The molecule has 150 valence electrons. The van der Waals surface area contributed by atoms with E-state index in [0.29, 0.717) is 28.5 Å². The van der Waals surface area contributed by atoms with Crippen LogP contribution < -0.4 is 20.9 Å². The van der Waals surface area contributed by atoms with Gasteiger partial charge in [-0.05, 0) is 65.2 Å². The van der Waals surface area contributed by atoms with Crippen LogP contribution in [0.1, 0.15) is 29.0 Å². The predicted molar refractivity (Wildman–Crippen MR) is 106 cm³/mol. The standard InChI is InChI=1S/C18H19BrClN3O5/c1-11-9-12(20)4-5-13(11)27-8-2-3-16(24)22-23-17(25)10-21-18(26)14-6-7-15(19)28-14/h4-7,9H,2-3,8,10H2,1H3,(H,21,26)(H,22,24)(H,23,25). The molecule has 0 bridgehead atoms. The molecule has 0 radical (unpaired) electrons. The number of halogens is 2. The number of carbonyl (C=O) groups excluding carboxylic acids is 3. The molecule has 0 atom stereocenters. The predicted octanol–water partition coefficient (Wildman–Crippen LogP) is 2.74. The smallest absolute Gasteiger partial charge is 0.287 e. The number of carbonyl (C=O) groups is 3. The number of hydrogen-bond donors (Lipinski definition) is 3. The summed E-state index contributed by atoms with van der Waals surface area (Å²) >= 11 is 8.96. The first-order valence-corrected chi connectivity index (χ1v) is 9.52. The van der Waals surface area contributed by atoms with Gasteiger partial charge in [0.15, 0.2) is 10.4 Å². The largest absolute Gasteiger partial charge is 0.493 e. The molecule has 0 aliphatic heterocycles. The van der Waals surface area contributed by atoms with Crippen LogP contribution in [0.2, 0.25) is 5.02 Å². The minimum Gasteiger partial charge on any atom is -0.493 e. The van der Waals surface area contributed by atoms with Crippen LogP contribution >= 0.6 is 27.5 Å². The van der Waals surface area contributed by atoms with Gasteiger partial charge in [0.05, 0.1) is 13.2 Å². The zero-order chi connectivity index (χ0) is 20.5. The van der Waals surface area contributed by atoms with E-state index in [-0.39, 0.29) is 24.6 Å². The molecule has 8 nitrogen and oxygen atoms in total. The summed E-state index contributed by atoms with van der Waals surface area (Å²) in [4.78, 5) is 35.1. The van der Waals surface area contributed by atoms with Crippen LogP contribution in [0.25, 0.3) is 0 Å². The highest BCUT2D eigenvalue weighted by molar-refractivity contribution is 9.10. The Hall–Kier alpha value is -2.52. The topological polar surface area (TPSA) is 110 Å². The summed E-state index contributed by atoms with van der Waals surface area (Å²) in [5.74, 6) is -0.703. The van der Waals surface area contributed by atoms with Crippen LogP contribution in [-0.2, 0) is 9.59 Å². The van der Waals surface area contributed by atoms with E-state index in [0.717, 1.165) is 5.56 Å². The van der Waals surface area contributed by atoms with Crippen LogP contribution in [0, 0.1) is 6.92 Å². The van der Waals surface area contributed by atoms with E-state index >= 15 is 0 Å². The summed E-state index contributed by atoms with van der Waals surface area (Å²) < 4.78 is 11.1.